The number of rotatable bonds is 3. The molecule has 1 unspecified atom stereocenters. The SMILES string of the molecule is O=C(C1COc2ccccc2C1)N1CCN(S(=O)(=O)c2ccc3c(c2)OCCCO3)CC1. The molecule has 1 fully saturated rings. The second-order valence-corrected chi connectivity index (χ2v) is 10.1. The minimum absolute atomic E-state index is 0.0205. The summed E-state index contributed by atoms with van der Waals surface area (Å²) in [5.74, 6) is 1.63. The van der Waals surface area contributed by atoms with E-state index in [0.29, 0.717) is 50.8 Å². The van der Waals surface area contributed by atoms with Crippen LogP contribution in [0.15, 0.2) is 47.4 Å². The average Bonchev–Trinajstić information content (AvgIpc) is 3.08. The van der Waals surface area contributed by atoms with Gasteiger partial charge in [0.25, 0.3) is 0 Å². The molecule has 0 N–H and O–H groups in total. The Labute approximate surface area is 187 Å². The fourth-order valence-electron chi connectivity index (χ4n) is 4.35. The van der Waals surface area contributed by atoms with Gasteiger partial charge in [0.05, 0.1) is 24.0 Å². The van der Waals surface area contributed by atoms with Crippen LogP contribution >= 0.6 is 0 Å². The van der Waals surface area contributed by atoms with Crippen molar-refractivity contribution < 1.29 is 27.4 Å². The number of fused-ring (bicyclic) bond motifs is 2. The maximum atomic E-state index is 13.2. The molecule has 32 heavy (non-hydrogen) atoms. The summed E-state index contributed by atoms with van der Waals surface area (Å²) in [5.41, 5.74) is 1.03. The number of amides is 1. The Morgan fingerprint density at radius 3 is 2.44 bits per heavy atom. The molecule has 1 amide bonds. The third-order valence-corrected chi connectivity index (χ3v) is 8.03. The third-order valence-electron chi connectivity index (χ3n) is 6.14. The first-order valence-electron chi connectivity index (χ1n) is 10.9. The highest BCUT2D eigenvalue weighted by molar-refractivity contribution is 7.89. The van der Waals surface area contributed by atoms with Crippen molar-refractivity contribution in [2.24, 2.45) is 5.92 Å². The molecule has 8 nitrogen and oxygen atoms in total. The number of sulfonamides is 1. The molecule has 0 radical (unpaired) electrons. The molecule has 1 saturated heterocycles. The minimum atomic E-state index is -3.69. The van der Waals surface area contributed by atoms with E-state index in [9.17, 15) is 13.2 Å². The number of ether oxygens (including phenoxy) is 3. The summed E-state index contributed by atoms with van der Waals surface area (Å²) in [5, 5.41) is 0. The number of carbonyl (C=O) groups is 1. The summed E-state index contributed by atoms with van der Waals surface area (Å²) in [4.78, 5) is 15.0. The highest BCUT2D eigenvalue weighted by Crippen LogP contribution is 2.33. The predicted molar refractivity (Wildman–Crippen MR) is 117 cm³/mol. The molecule has 2 aromatic rings. The van der Waals surface area contributed by atoms with Crippen molar-refractivity contribution in [2.45, 2.75) is 17.7 Å². The first-order valence-corrected chi connectivity index (χ1v) is 12.4. The van der Waals surface area contributed by atoms with Gasteiger partial charge in [-0.05, 0) is 30.2 Å². The molecule has 0 aromatic heterocycles. The fraction of sp³-hybridized carbons (Fsp3) is 0.435. The van der Waals surface area contributed by atoms with Crippen LogP contribution in [0.5, 0.6) is 17.2 Å². The van der Waals surface area contributed by atoms with Crippen molar-refractivity contribution in [3.8, 4) is 17.2 Å². The molecule has 0 bridgehead atoms. The maximum absolute atomic E-state index is 13.2. The van der Waals surface area contributed by atoms with Gasteiger partial charge in [0, 0.05) is 38.7 Å². The number of carbonyl (C=O) groups excluding carboxylic acids is 1. The summed E-state index contributed by atoms with van der Waals surface area (Å²) < 4.78 is 44.8. The first-order chi connectivity index (χ1) is 15.5. The summed E-state index contributed by atoms with van der Waals surface area (Å²) in [6.07, 6.45) is 1.40. The van der Waals surface area contributed by atoms with Crippen molar-refractivity contribution in [1.82, 2.24) is 9.21 Å². The maximum Gasteiger partial charge on any atom is 0.243 e. The van der Waals surface area contributed by atoms with Gasteiger partial charge < -0.3 is 19.1 Å². The standard InChI is InChI=1S/C23H26N2O6S/c26-23(18-14-17-4-1-2-5-20(17)31-16-18)24-8-10-25(11-9-24)32(27,28)19-6-7-21-22(15-19)30-13-3-12-29-21/h1-2,4-7,15,18H,3,8-14,16H2. The lowest BCUT2D eigenvalue weighted by atomic mass is 9.95. The van der Waals surface area contributed by atoms with Crippen LogP contribution in [-0.2, 0) is 21.2 Å². The van der Waals surface area contributed by atoms with E-state index < -0.39 is 10.0 Å². The van der Waals surface area contributed by atoms with Gasteiger partial charge in [-0.1, -0.05) is 18.2 Å². The highest BCUT2D eigenvalue weighted by Gasteiger charge is 2.34. The van der Waals surface area contributed by atoms with Gasteiger partial charge in [0.2, 0.25) is 15.9 Å². The quantitative estimate of drug-likeness (QED) is 0.699. The summed E-state index contributed by atoms with van der Waals surface area (Å²) in [6, 6.07) is 12.5. The van der Waals surface area contributed by atoms with Crippen molar-refractivity contribution in [3.05, 3.63) is 48.0 Å². The average molecular weight is 459 g/mol. The lowest BCUT2D eigenvalue weighted by Gasteiger charge is -2.36. The molecule has 3 aliphatic heterocycles. The number of para-hydroxylation sites is 1. The van der Waals surface area contributed by atoms with Gasteiger partial charge >= 0.3 is 0 Å². The zero-order valence-electron chi connectivity index (χ0n) is 17.7. The zero-order chi connectivity index (χ0) is 22.1. The predicted octanol–water partition coefficient (Wildman–Crippen LogP) is 1.93. The van der Waals surface area contributed by atoms with E-state index in [-0.39, 0.29) is 29.8 Å². The molecule has 0 aliphatic carbocycles. The molecular formula is C23H26N2O6S. The Morgan fingerprint density at radius 1 is 0.875 bits per heavy atom. The van der Waals surface area contributed by atoms with E-state index in [0.717, 1.165) is 17.7 Å². The Bertz CT molecular complexity index is 1110. The molecule has 2 aromatic carbocycles. The molecule has 1 atom stereocenters. The van der Waals surface area contributed by atoms with Gasteiger partial charge in [-0.2, -0.15) is 4.31 Å². The van der Waals surface area contributed by atoms with E-state index in [1.54, 1.807) is 17.0 Å². The molecule has 3 aliphatic rings. The molecule has 0 spiro atoms. The number of nitrogens with zero attached hydrogens (tertiary/aromatic N) is 2. The van der Waals surface area contributed by atoms with Crippen molar-refractivity contribution >= 4 is 15.9 Å². The molecule has 170 valence electrons. The molecule has 3 heterocycles. The number of benzene rings is 2. The van der Waals surface area contributed by atoms with Gasteiger partial charge in [0.15, 0.2) is 11.5 Å². The van der Waals surface area contributed by atoms with Gasteiger partial charge in [-0.3, -0.25) is 4.79 Å². The van der Waals surface area contributed by atoms with Crippen molar-refractivity contribution in [1.29, 1.82) is 0 Å². The number of piperazine rings is 1. The van der Waals surface area contributed by atoms with Crippen LogP contribution in [0.3, 0.4) is 0 Å². The number of hydrogen-bond donors (Lipinski definition) is 0. The fourth-order valence-corrected chi connectivity index (χ4v) is 5.78. The van der Waals surface area contributed by atoms with Crippen LogP contribution in [-0.4, -0.2) is 69.5 Å². The van der Waals surface area contributed by atoms with Crippen molar-refractivity contribution in [2.75, 3.05) is 46.0 Å². The largest absolute Gasteiger partial charge is 0.492 e. The Kier molecular flexibility index (Phi) is 5.69. The minimum Gasteiger partial charge on any atom is -0.492 e. The third kappa shape index (κ3) is 4.02. The van der Waals surface area contributed by atoms with Gasteiger partial charge in [-0.25, -0.2) is 8.42 Å². The topological polar surface area (TPSA) is 85.4 Å². The Morgan fingerprint density at radius 2 is 1.62 bits per heavy atom. The van der Waals surface area contributed by atoms with Crippen LogP contribution in [0.1, 0.15) is 12.0 Å². The second-order valence-electron chi connectivity index (χ2n) is 8.21. The Hall–Kier alpha value is -2.78. The Balaban J connectivity index is 1.23. The smallest absolute Gasteiger partial charge is 0.243 e. The van der Waals surface area contributed by atoms with Crippen LogP contribution in [0.25, 0.3) is 0 Å². The molecule has 9 heteroatoms. The molecular weight excluding hydrogens is 432 g/mol. The number of hydrogen-bond acceptors (Lipinski definition) is 6. The van der Waals surface area contributed by atoms with E-state index in [1.807, 2.05) is 24.3 Å². The summed E-state index contributed by atoms with van der Waals surface area (Å²) >= 11 is 0. The van der Waals surface area contributed by atoms with Gasteiger partial charge in [0.1, 0.15) is 12.4 Å². The lowest BCUT2D eigenvalue weighted by molar-refractivity contribution is -0.138. The van der Waals surface area contributed by atoms with Crippen LogP contribution in [0.2, 0.25) is 0 Å². The van der Waals surface area contributed by atoms with Gasteiger partial charge in [-0.15, -0.1) is 0 Å². The van der Waals surface area contributed by atoms with Crippen LogP contribution < -0.4 is 14.2 Å². The lowest BCUT2D eigenvalue weighted by Crippen LogP contribution is -2.52. The zero-order valence-corrected chi connectivity index (χ0v) is 18.6. The van der Waals surface area contributed by atoms with E-state index in [1.165, 1.54) is 10.4 Å². The van der Waals surface area contributed by atoms with E-state index >= 15 is 0 Å². The molecule has 0 saturated carbocycles. The normalized spacial score (nSPS) is 21.2. The first kappa shape index (κ1) is 21.1. The molecule has 5 rings (SSSR count). The summed E-state index contributed by atoms with van der Waals surface area (Å²) in [6.45, 7) is 2.63. The van der Waals surface area contributed by atoms with E-state index in [4.69, 9.17) is 14.2 Å². The van der Waals surface area contributed by atoms with E-state index in [2.05, 4.69) is 0 Å². The summed E-state index contributed by atoms with van der Waals surface area (Å²) in [7, 11) is -3.69. The highest BCUT2D eigenvalue weighted by atomic mass is 32.2. The van der Waals surface area contributed by atoms with Crippen molar-refractivity contribution in [3.63, 3.8) is 0 Å². The van der Waals surface area contributed by atoms with Crippen LogP contribution in [0.4, 0.5) is 0 Å². The van der Waals surface area contributed by atoms with Crippen LogP contribution in [0, 0.1) is 5.92 Å². The monoisotopic (exact) mass is 458 g/mol. The second kappa shape index (κ2) is 8.63.